The maximum atomic E-state index is 12.0. The Kier molecular flexibility index (Phi) is 4.43. The number of fused-ring (bicyclic) bond motifs is 1. The van der Waals surface area contributed by atoms with Gasteiger partial charge in [-0.3, -0.25) is 9.59 Å². The predicted molar refractivity (Wildman–Crippen MR) is 82.1 cm³/mol. The molecule has 0 bridgehead atoms. The number of imidazole rings is 1. The number of H-pyrrole nitrogens is 1. The second kappa shape index (κ2) is 6.10. The van der Waals surface area contributed by atoms with Crippen molar-refractivity contribution >= 4 is 33.7 Å². The van der Waals surface area contributed by atoms with Crippen LogP contribution in [-0.2, 0) is 9.59 Å². The van der Waals surface area contributed by atoms with Crippen molar-refractivity contribution in [1.82, 2.24) is 9.97 Å². The second-order valence-electron chi connectivity index (χ2n) is 4.88. The number of ketones is 1. The van der Waals surface area contributed by atoms with Crippen LogP contribution in [0.3, 0.4) is 0 Å². The highest BCUT2D eigenvalue weighted by atomic mass is 32.2. The Morgan fingerprint density at radius 2 is 2.05 bits per heavy atom. The van der Waals surface area contributed by atoms with E-state index in [4.69, 9.17) is 0 Å². The molecule has 1 atom stereocenters. The van der Waals surface area contributed by atoms with Gasteiger partial charge in [0.1, 0.15) is 5.82 Å². The van der Waals surface area contributed by atoms with E-state index in [0.29, 0.717) is 5.82 Å². The van der Waals surface area contributed by atoms with Crippen LogP contribution < -0.4 is 0 Å². The van der Waals surface area contributed by atoms with Crippen molar-refractivity contribution in [3.8, 4) is 6.07 Å². The molecule has 1 unspecified atom stereocenters. The molecule has 6 heteroatoms. The van der Waals surface area contributed by atoms with Crippen LogP contribution in [0.15, 0.2) is 12.1 Å². The van der Waals surface area contributed by atoms with Gasteiger partial charge in [0.05, 0.1) is 22.9 Å². The lowest BCUT2D eigenvalue weighted by Gasteiger charge is -2.03. The van der Waals surface area contributed by atoms with E-state index < -0.39 is 5.92 Å². The van der Waals surface area contributed by atoms with Gasteiger partial charge in [-0.1, -0.05) is 11.8 Å². The molecule has 0 amide bonds. The highest BCUT2D eigenvalue weighted by molar-refractivity contribution is 8.14. The Labute approximate surface area is 126 Å². The molecule has 5 nitrogen and oxygen atoms in total. The molecule has 0 aliphatic rings. The number of nitrogens with one attached hydrogen (secondary N) is 1. The molecule has 0 aliphatic heterocycles. The monoisotopic (exact) mass is 301 g/mol. The van der Waals surface area contributed by atoms with Crippen LogP contribution >= 0.6 is 11.8 Å². The van der Waals surface area contributed by atoms with Crippen LogP contribution in [0.2, 0.25) is 0 Å². The van der Waals surface area contributed by atoms with Crippen LogP contribution in [0, 0.1) is 25.2 Å². The van der Waals surface area contributed by atoms with Crippen LogP contribution in [0.5, 0.6) is 0 Å². The maximum absolute atomic E-state index is 12.0. The summed E-state index contributed by atoms with van der Waals surface area (Å²) < 4.78 is 0. The molecule has 1 aromatic carbocycles. The number of hydrogen-bond donors (Lipinski definition) is 1. The summed E-state index contributed by atoms with van der Waals surface area (Å²) in [4.78, 5) is 30.3. The number of carbonyl (C=O) groups is 2. The predicted octanol–water partition coefficient (Wildman–Crippen LogP) is 2.64. The first-order valence-corrected chi connectivity index (χ1v) is 7.43. The van der Waals surface area contributed by atoms with E-state index in [0.717, 1.165) is 33.9 Å². The van der Waals surface area contributed by atoms with Gasteiger partial charge in [-0.05, 0) is 37.1 Å². The third-order valence-electron chi connectivity index (χ3n) is 3.26. The van der Waals surface area contributed by atoms with Gasteiger partial charge in [0.2, 0.25) is 0 Å². The van der Waals surface area contributed by atoms with E-state index in [-0.39, 0.29) is 16.7 Å². The van der Waals surface area contributed by atoms with Crippen molar-refractivity contribution in [2.45, 2.75) is 26.7 Å². The van der Waals surface area contributed by atoms with E-state index in [9.17, 15) is 14.9 Å². The number of hydrogen-bond acceptors (Lipinski definition) is 5. The van der Waals surface area contributed by atoms with Gasteiger partial charge >= 0.3 is 0 Å². The van der Waals surface area contributed by atoms with Crippen molar-refractivity contribution in [1.29, 1.82) is 5.26 Å². The Morgan fingerprint density at radius 1 is 1.38 bits per heavy atom. The lowest BCUT2D eigenvalue weighted by molar-refractivity contribution is -0.117. The molecule has 0 fully saturated rings. The Morgan fingerprint density at radius 3 is 2.67 bits per heavy atom. The lowest BCUT2D eigenvalue weighted by Crippen LogP contribution is -2.15. The minimum Gasteiger partial charge on any atom is -0.340 e. The van der Waals surface area contributed by atoms with Crippen molar-refractivity contribution < 1.29 is 9.59 Å². The smallest absolute Gasteiger partial charge is 0.186 e. The van der Waals surface area contributed by atoms with E-state index in [1.807, 2.05) is 32.0 Å². The molecular formula is C15H15N3O2S. The number of nitriles is 1. The highest BCUT2D eigenvalue weighted by Gasteiger charge is 2.24. The van der Waals surface area contributed by atoms with E-state index in [1.165, 1.54) is 6.92 Å². The molecule has 0 aliphatic carbocycles. The van der Waals surface area contributed by atoms with E-state index in [1.54, 1.807) is 0 Å². The first kappa shape index (κ1) is 15.3. The maximum Gasteiger partial charge on any atom is 0.186 e. The van der Waals surface area contributed by atoms with Gasteiger partial charge in [0.25, 0.3) is 0 Å². The molecule has 0 saturated heterocycles. The molecule has 0 radical (unpaired) electrons. The third-order valence-corrected chi connectivity index (χ3v) is 4.09. The molecule has 0 spiro atoms. The fourth-order valence-corrected chi connectivity index (χ4v) is 2.48. The first-order chi connectivity index (χ1) is 9.92. The Balaban J connectivity index is 2.32. The second-order valence-corrected chi connectivity index (χ2v) is 6.04. The molecule has 2 aromatic rings. The van der Waals surface area contributed by atoms with E-state index >= 15 is 0 Å². The lowest BCUT2D eigenvalue weighted by atomic mass is 10.1. The zero-order valence-electron chi connectivity index (χ0n) is 12.1. The Bertz CT molecular complexity index is 719. The number of benzene rings is 1. The molecule has 1 N–H and O–H groups in total. The molecule has 0 saturated carbocycles. The summed E-state index contributed by atoms with van der Waals surface area (Å²) in [5, 5.41) is 9.08. The van der Waals surface area contributed by atoms with Crippen molar-refractivity contribution in [2.75, 3.05) is 5.75 Å². The SMILES string of the molecule is CC(=O)SCC(=O)C(C#N)c1nc2cc(C)c(C)cc2[nH]1. The van der Waals surface area contributed by atoms with Crippen LogP contribution in [0.25, 0.3) is 11.0 Å². The average Bonchev–Trinajstić information content (AvgIpc) is 2.80. The number of nitrogens with zero attached hydrogens (tertiary/aromatic N) is 2. The number of thioether (sulfide) groups is 1. The average molecular weight is 301 g/mol. The molecular weight excluding hydrogens is 286 g/mol. The summed E-state index contributed by atoms with van der Waals surface area (Å²) in [5.41, 5.74) is 3.76. The summed E-state index contributed by atoms with van der Waals surface area (Å²) in [6.45, 7) is 5.37. The summed E-state index contributed by atoms with van der Waals surface area (Å²) in [5.74, 6) is -0.954. The first-order valence-electron chi connectivity index (χ1n) is 6.45. The topological polar surface area (TPSA) is 86.6 Å². The summed E-state index contributed by atoms with van der Waals surface area (Å²) in [6.07, 6.45) is 0. The minimum atomic E-state index is -0.968. The normalized spacial score (nSPS) is 12.1. The largest absolute Gasteiger partial charge is 0.340 e. The number of aromatic amines is 1. The number of aromatic nitrogens is 2. The van der Waals surface area contributed by atoms with Gasteiger partial charge in [-0.25, -0.2) is 4.98 Å². The zero-order chi connectivity index (χ0) is 15.6. The standard InChI is InChI=1S/C15H15N3O2S/c1-8-4-12-13(5-9(8)2)18-15(17-12)11(6-16)14(20)7-21-10(3)19/h4-5,11H,7H2,1-3H3,(H,17,18). The van der Waals surface area contributed by atoms with Crippen molar-refractivity contribution in [3.63, 3.8) is 0 Å². The number of rotatable bonds is 4. The minimum absolute atomic E-state index is 0.0112. The molecule has 1 heterocycles. The molecule has 21 heavy (non-hydrogen) atoms. The van der Waals surface area contributed by atoms with Gasteiger partial charge in [0.15, 0.2) is 16.8 Å². The van der Waals surface area contributed by atoms with Gasteiger partial charge in [-0.15, -0.1) is 0 Å². The summed E-state index contributed by atoms with van der Waals surface area (Å²) in [6, 6.07) is 5.84. The zero-order valence-corrected chi connectivity index (χ0v) is 12.9. The van der Waals surface area contributed by atoms with Crippen LogP contribution in [0.1, 0.15) is 29.8 Å². The van der Waals surface area contributed by atoms with Crippen molar-refractivity contribution in [2.24, 2.45) is 0 Å². The van der Waals surface area contributed by atoms with E-state index in [2.05, 4.69) is 9.97 Å². The quantitative estimate of drug-likeness (QED) is 0.938. The van der Waals surface area contributed by atoms with Crippen LogP contribution in [0.4, 0.5) is 0 Å². The summed E-state index contributed by atoms with van der Waals surface area (Å²) >= 11 is 0.908. The number of carbonyl (C=O) groups excluding carboxylic acids is 2. The summed E-state index contributed by atoms with van der Waals surface area (Å²) in [7, 11) is 0. The van der Waals surface area contributed by atoms with Crippen LogP contribution in [-0.4, -0.2) is 26.6 Å². The van der Waals surface area contributed by atoms with Gasteiger partial charge in [-0.2, -0.15) is 5.26 Å². The number of Topliss-reactive ketones (excluding diaryl/α,β-unsaturated/α-hetero) is 1. The number of aryl methyl sites for hydroxylation is 2. The highest BCUT2D eigenvalue weighted by Crippen LogP contribution is 2.22. The fraction of sp³-hybridized carbons (Fsp3) is 0.333. The fourth-order valence-electron chi connectivity index (χ4n) is 1.97. The Hall–Kier alpha value is -2.13. The molecule has 2 rings (SSSR count). The van der Waals surface area contributed by atoms with Crippen molar-refractivity contribution in [3.05, 3.63) is 29.1 Å². The molecule has 1 aromatic heterocycles. The van der Waals surface area contributed by atoms with Gasteiger partial charge < -0.3 is 4.98 Å². The molecule has 108 valence electrons. The third kappa shape index (κ3) is 3.31. The van der Waals surface area contributed by atoms with Gasteiger partial charge in [0, 0.05) is 6.92 Å².